The fraction of sp³-hybridized carbons (Fsp3) is 0.273. The number of aryl methyl sites for hydroxylation is 2. The van der Waals surface area contributed by atoms with Gasteiger partial charge in [-0.05, 0) is 49.6 Å². The highest BCUT2D eigenvalue weighted by molar-refractivity contribution is 5.78. The monoisotopic (exact) mass is 393 g/mol. The second-order valence-electron chi connectivity index (χ2n) is 6.79. The number of nitrogens with zero attached hydrogens (tertiary/aromatic N) is 2. The van der Waals surface area contributed by atoms with Crippen molar-refractivity contribution in [3.63, 3.8) is 0 Å². The second-order valence-corrected chi connectivity index (χ2v) is 6.79. The van der Waals surface area contributed by atoms with Crippen molar-refractivity contribution in [3.8, 4) is 11.5 Å². The van der Waals surface area contributed by atoms with E-state index in [1.54, 1.807) is 14.2 Å². The summed E-state index contributed by atoms with van der Waals surface area (Å²) in [6.45, 7) is 4.78. The molecule has 3 rings (SSSR count). The average molecular weight is 393 g/mol. The predicted molar refractivity (Wildman–Crippen MR) is 117 cm³/mol. The van der Waals surface area contributed by atoms with Crippen LogP contribution in [0.3, 0.4) is 0 Å². The molecule has 0 bridgehead atoms. The van der Waals surface area contributed by atoms with Gasteiger partial charge in [-0.15, -0.1) is 0 Å². The van der Waals surface area contributed by atoms with E-state index in [1.807, 2.05) is 24.3 Å². The van der Waals surface area contributed by atoms with E-state index in [1.165, 1.54) is 11.9 Å². The zero-order valence-electron chi connectivity index (χ0n) is 17.2. The first-order chi connectivity index (χ1) is 14.0. The molecule has 0 amide bonds. The summed E-state index contributed by atoms with van der Waals surface area (Å²) < 4.78 is 10.6. The molecule has 7 heteroatoms. The molecule has 0 atom stereocenters. The molecule has 152 valence electrons. The molecule has 1 heterocycles. The van der Waals surface area contributed by atoms with Crippen LogP contribution < -0.4 is 25.8 Å². The topological polar surface area (TPSA) is 94.3 Å². The highest BCUT2D eigenvalue weighted by Crippen LogP contribution is 2.29. The summed E-state index contributed by atoms with van der Waals surface area (Å²) >= 11 is 0. The van der Waals surface area contributed by atoms with Crippen molar-refractivity contribution in [3.05, 3.63) is 59.4 Å². The smallest absolute Gasteiger partial charge is 0.160 e. The van der Waals surface area contributed by atoms with E-state index in [-0.39, 0.29) is 0 Å². The molecule has 0 aliphatic rings. The molecule has 3 aromatic rings. The van der Waals surface area contributed by atoms with E-state index in [9.17, 15) is 0 Å². The van der Waals surface area contributed by atoms with E-state index in [0.29, 0.717) is 35.4 Å². The maximum absolute atomic E-state index is 6.29. The van der Waals surface area contributed by atoms with Crippen molar-refractivity contribution in [1.82, 2.24) is 9.97 Å². The second kappa shape index (κ2) is 9.14. The quantitative estimate of drug-likeness (QED) is 0.530. The van der Waals surface area contributed by atoms with Gasteiger partial charge < -0.3 is 25.8 Å². The van der Waals surface area contributed by atoms with Gasteiger partial charge in [-0.25, -0.2) is 9.97 Å². The number of nitrogens with one attached hydrogen (secondary N) is 2. The summed E-state index contributed by atoms with van der Waals surface area (Å²) in [4.78, 5) is 8.57. The number of aromatic nitrogens is 2. The van der Waals surface area contributed by atoms with Gasteiger partial charge in [0.05, 0.1) is 14.2 Å². The number of rotatable bonds is 8. The van der Waals surface area contributed by atoms with Crippen molar-refractivity contribution in [2.24, 2.45) is 0 Å². The number of methoxy groups -OCH3 is 2. The molecule has 0 saturated carbocycles. The summed E-state index contributed by atoms with van der Waals surface area (Å²) in [7, 11) is 3.26. The SMILES string of the molecule is COc1ccc(CCNc2ncnc(Nc3ccc(C)cc3C)c2N)cc1OC. The molecule has 0 spiro atoms. The molecular formula is C22H27N5O2. The van der Waals surface area contributed by atoms with Crippen molar-refractivity contribution in [2.75, 3.05) is 37.1 Å². The van der Waals surface area contributed by atoms with Crippen LogP contribution >= 0.6 is 0 Å². The molecule has 0 aliphatic carbocycles. The summed E-state index contributed by atoms with van der Waals surface area (Å²) in [5, 5.41) is 6.59. The lowest BCUT2D eigenvalue weighted by Gasteiger charge is -2.14. The van der Waals surface area contributed by atoms with Crippen molar-refractivity contribution in [1.29, 1.82) is 0 Å². The van der Waals surface area contributed by atoms with Crippen molar-refractivity contribution in [2.45, 2.75) is 20.3 Å². The first-order valence-corrected chi connectivity index (χ1v) is 9.41. The van der Waals surface area contributed by atoms with Crippen LogP contribution in [-0.4, -0.2) is 30.7 Å². The maximum Gasteiger partial charge on any atom is 0.160 e. The standard InChI is InChI=1S/C22H27N5O2/c1-14-5-7-17(15(2)11-14)27-22-20(23)21(25-13-26-22)24-10-9-16-6-8-18(28-3)19(12-16)29-4/h5-8,11-13H,9-10,23H2,1-4H3,(H2,24,25,26,27). The van der Waals surface area contributed by atoms with Crippen LogP contribution in [0.15, 0.2) is 42.7 Å². The number of ether oxygens (including phenoxy) is 2. The lowest BCUT2D eigenvalue weighted by molar-refractivity contribution is 0.354. The minimum atomic E-state index is 0.486. The third-order valence-corrected chi connectivity index (χ3v) is 4.67. The van der Waals surface area contributed by atoms with Crippen LogP contribution in [0.1, 0.15) is 16.7 Å². The number of hydrogen-bond donors (Lipinski definition) is 3. The molecule has 4 N–H and O–H groups in total. The van der Waals surface area contributed by atoms with Crippen molar-refractivity contribution < 1.29 is 9.47 Å². The third kappa shape index (κ3) is 4.87. The molecule has 7 nitrogen and oxygen atoms in total. The minimum Gasteiger partial charge on any atom is -0.493 e. The zero-order valence-corrected chi connectivity index (χ0v) is 17.2. The summed E-state index contributed by atoms with van der Waals surface area (Å²) in [5.41, 5.74) is 11.2. The summed E-state index contributed by atoms with van der Waals surface area (Å²) in [6.07, 6.45) is 2.28. The van der Waals surface area contributed by atoms with Crippen LogP contribution in [0.5, 0.6) is 11.5 Å². The minimum absolute atomic E-state index is 0.486. The lowest BCUT2D eigenvalue weighted by Crippen LogP contribution is -2.11. The normalized spacial score (nSPS) is 10.5. The Balaban J connectivity index is 1.67. The fourth-order valence-electron chi connectivity index (χ4n) is 3.08. The van der Waals surface area contributed by atoms with Gasteiger partial charge in [0.1, 0.15) is 12.0 Å². The van der Waals surface area contributed by atoms with E-state index < -0.39 is 0 Å². The molecule has 29 heavy (non-hydrogen) atoms. The maximum atomic E-state index is 6.29. The van der Waals surface area contributed by atoms with Gasteiger partial charge in [0, 0.05) is 12.2 Å². The lowest BCUT2D eigenvalue weighted by atomic mass is 10.1. The predicted octanol–water partition coefficient (Wildman–Crippen LogP) is 4.09. The van der Waals surface area contributed by atoms with Crippen LogP contribution in [0.25, 0.3) is 0 Å². The molecule has 1 aromatic heterocycles. The number of hydrogen-bond acceptors (Lipinski definition) is 7. The van der Waals surface area contributed by atoms with E-state index in [2.05, 4.69) is 46.6 Å². The molecule has 0 fully saturated rings. The molecular weight excluding hydrogens is 366 g/mol. The first-order valence-electron chi connectivity index (χ1n) is 9.41. The number of benzene rings is 2. The fourth-order valence-corrected chi connectivity index (χ4v) is 3.08. The average Bonchev–Trinajstić information content (AvgIpc) is 2.72. The van der Waals surface area contributed by atoms with Crippen LogP contribution in [0.2, 0.25) is 0 Å². The Hall–Kier alpha value is -3.48. The Morgan fingerprint density at radius 2 is 1.69 bits per heavy atom. The highest BCUT2D eigenvalue weighted by atomic mass is 16.5. The van der Waals surface area contributed by atoms with Gasteiger partial charge in [0.25, 0.3) is 0 Å². The zero-order chi connectivity index (χ0) is 20.8. The Bertz CT molecular complexity index is 991. The summed E-state index contributed by atoms with van der Waals surface area (Å²) in [5.74, 6) is 2.62. The first kappa shape index (κ1) is 20.3. The van der Waals surface area contributed by atoms with E-state index in [0.717, 1.165) is 23.2 Å². The molecule has 0 aliphatic heterocycles. The van der Waals surface area contributed by atoms with Gasteiger partial charge in [-0.1, -0.05) is 23.8 Å². The Morgan fingerprint density at radius 3 is 2.41 bits per heavy atom. The van der Waals surface area contributed by atoms with Gasteiger partial charge in [-0.2, -0.15) is 0 Å². The van der Waals surface area contributed by atoms with Gasteiger partial charge in [0.15, 0.2) is 23.1 Å². The highest BCUT2D eigenvalue weighted by Gasteiger charge is 2.10. The Labute approximate surface area is 171 Å². The van der Waals surface area contributed by atoms with Gasteiger partial charge in [0.2, 0.25) is 0 Å². The molecule has 0 radical (unpaired) electrons. The summed E-state index contributed by atoms with van der Waals surface area (Å²) in [6, 6.07) is 12.1. The number of nitrogens with two attached hydrogens (primary N) is 1. The number of nitrogen functional groups attached to an aromatic ring is 1. The van der Waals surface area contributed by atoms with Crippen LogP contribution in [0, 0.1) is 13.8 Å². The van der Waals surface area contributed by atoms with Gasteiger partial charge >= 0.3 is 0 Å². The van der Waals surface area contributed by atoms with E-state index in [4.69, 9.17) is 15.2 Å². The van der Waals surface area contributed by atoms with E-state index >= 15 is 0 Å². The van der Waals surface area contributed by atoms with Crippen molar-refractivity contribution >= 4 is 23.0 Å². The van der Waals surface area contributed by atoms with Crippen LogP contribution in [0.4, 0.5) is 23.0 Å². The van der Waals surface area contributed by atoms with Gasteiger partial charge in [-0.3, -0.25) is 0 Å². The molecule has 0 saturated heterocycles. The Kier molecular flexibility index (Phi) is 6.39. The molecule has 0 unspecified atom stereocenters. The molecule has 2 aromatic carbocycles. The largest absolute Gasteiger partial charge is 0.493 e. The van der Waals surface area contributed by atoms with Crippen LogP contribution in [-0.2, 0) is 6.42 Å². The Morgan fingerprint density at radius 1 is 0.931 bits per heavy atom. The number of anilines is 4. The third-order valence-electron chi connectivity index (χ3n) is 4.67.